The molecule has 0 aliphatic carbocycles. The Kier molecular flexibility index (Phi) is 2.96. The van der Waals surface area contributed by atoms with Crippen LogP contribution in [0.4, 0.5) is 4.79 Å². The molecule has 5 nitrogen and oxygen atoms in total. The number of carbonyl (C=O) groups excluding carboxylic acids is 1. The van der Waals surface area contributed by atoms with Crippen LogP contribution in [0.25, 0.3) is 0 Å². The van der Waals surface area contributed by atoms with E-state index in [4.69, 9.17) is 0 Å². The molecule has 0 saturated carbocycles. The van der Waals surface area contributed by atoms with Gasteiger partial charge < -0.3 is 20.4 Å². The standard InChI is InChI=1S/C15H26N4O/c20-13(18-5-1-14(2-6-18)9-16-10-14)19-7-3-15(4-8-19)11-17-12-15/h16-17H,1-12H2. The van der Waals surface area contributed by atoms with E-state index in [1.54, 1.807) is 0 Å². The summed E-state index contributed by atoms with van der Waals surface area (Å²) in [6, 6.07) is 0.300. The molecule has 4 heterocycles. The van der Waals surface area contributed by atoms with Crippen LogP contribution in [0.2, 0.25) is 0 Å². The fourth-order valence-corrected chi connectivity index (χ4v) is 4.21. The Morgan fingerprint density at radius 3 is 1.30 bits per heavy atom. The number of amides is 2. The summed E-state index contributed by atoms with van der Waals surface area (Å²) < 4.78 is 0. The average Bonchev–Trinajstić information content (AvgIpc) is 2.43. The van der Waals surface area contributed by atoms with Gasteiger partial charge in [0, 0.05) is 52.4 Å². The van der Waals surface area contributed by atoms with Crippen LogP contribution in [0.15, 0.2) is 0 Å². The largest absolute Gasteiger partial charge is 0.325 e. The molecule has 0 atom stereocenters. The molecule has 5 heteroatoms. The van der Waals surface area contributed by atoms with Crippen molar-refractivity contribution in [2.75, 3.05) is 52.4 Å². The summed E-state index contributed by atoms with van der Waals surface area (Å²) in [5.74, 6) is 0. The number of nitrogens with zero attached hydrogens (tertiary/aromatic N) is 2. The molecule has 2 N–H and O–H groups in total. The topological polar surface area (TPSA) is 47.6 Å². The Balaban J connectivity index is 1.30. The summed E-state index contributed by atoms with van der Waals surface area (Å²) in [6.07, 6.45) is 4.75. The van der Waals surface area contributed by atoms with Gasteiger partial charge in [0.05, 0.1) is 0 Å². The Morgan fingerprint density at radius 1 is 0.700 bits per heavy atom. The number of urea groups is 1. The van der Waals surface area contributed by atoms with Gasteiger partial charge in [-0.1, -0.05) is 0 Å². The first kappa shape index (κ1) is 12.9. The lowest BCUT2D eigenvalue weighted by Crippen LogP contribution is -2.62. The summed E-state index contributed by atoms with van der Waals surface area (Å²) in [6.45, 7) is 8.49. The van der Waals surface area contributed by atoms with Crippen molar-refractivity contribution in [3.8, 4) is 0 Å². The highest BCUT2D eigenvalue weighted by atomic mass is 16.2. The number of nitrogens with one attached hydrogen (secondary N) is 2. The first-order valence-corrected chi connectivity index (χ1v) is 8.16. The van der Waals surface area contributed by atoms with Crippen molar-refractivity contribution in [1.29, 1.82) is 0 Å². The van der Waals surface area contributed by atoms with Crippen LogP contribution in [0.5, 0.6) is 0 Å². The Labute approximate surface area is 121 Å². The van der Waals surface area contributed by atoms with E-state index in [1.165, 1.54) is 25.7 Å². The van der Waals surface area contributed by atoms with Gasteiger partial charge in [-0.25, -0.2) is 4.79 Å². The van der Waals surface area contributed by atoms with E-state index in [2.05, 4.69) is 20.4 Å². The summed E-state index contributed by atoms with van der Waals surface area (Å²) >= 11 is 0. The number of piperidine rings is 2. The highest BCUT2D eigenvalue weighted by molar-refractivity contribution is 5.74. The molecule has 4 rings (SSSR count). The third kappa shape index (κ3) is 2.02. The van der Waals surface area contributed by atoms with Gasteiger partial charge in [0.25, 0.3) is 0 Å². The van der Waals surface area contributed by atoms with Crippen LogP contribution >= 0.6 is 0 Å². The average molecular weight is 278 g/mol. The number of hydrogen-bond donors (Lipinski definition) is 2. The highest BCUT2D eigenvalue weighted by Gasteiger charge is 2.43. The van der Waals surface area contributed by atoms with Crippen LogP contribution in [0.3, 0.4) is 0 Å². The van der Waals surface area contributed by atoms with Crippen molar-refractivity contribution in [2.24, 2.45) is 10.8 Å². The Hall–Kier alpha value is -0.810. The Bertz CT molecular complexity index is 347. The molecule has 4 fully saturated rings. The predicted octanol–water partition coefficient (Wildman–Crippen LogP) is 0.477. The third-order valence-electron chi connectivity index (χ3n) is 6.19. The molecule has 4 aliphatic heterocycles. The molecule has 0 bridgehead atoms. The van der Waals surface area contributed by atoms with E-state index < -0.39 is 0 Å². The molecule has 0 unspecified atom stereocenters. The van der Waals surface area contributed by atoms with E-state index in [0.717, 1.165) is 52.4 Å². The SMILES string of the molecule is O=C(N1CCC2(CC1)CNC2)N1CCC2(CC1)CNC2. The normalized spacial score (nSPS) is 31.0. The van der Waals surface area contributed by atoms with Crippen molar-refractivity contribution in [3.63, 3.8) is 0 Å². The number of rotatable bonds is 0. The zero-order valence-electron chi connectivity index (χ0n) is 12.3. The van der Waals surface area contributed by atoms with Crippen LogP contribution in [0, 0.1) is 10.8 Å². The lowest BCUT2D eigenvalue weighted by atomic mass is 9.73. The van der Waals surface area contributed by atoms with Crippen molar-refractivity contribution < 1.29 is 4.79 Å². The number of carbonyl (C=O) groups is 1. The molecule has 2 amide bonds. The van der Waals surface area contributed by atoms with Crippen molar-refractivity contribution in [3.05, 3.63) is 0 Å². The maximum absolute atomic E-state index is 12.6. The fourth-order valence-electron chi connectivity index (χ4n) is 4.21. The van der Waals surface area contributed by atoms with E-state index >= 15 is 0 Å². The molecule has 20 heavy (non-hydrogen) atoms. The third-order valence-corrected chi connectivity index (χ3v) is 6.19. The van der Waals surface area contributed by atoms with Gasteiger partial charge in [-0.05, 0) is 36.5 Å². The van der Waals surface area contributed by atoms with Gasteiger partial charge >= 0.3 is 6.03 Å². The Morgan fingerprint density at radius 2 is 1.05 bits per heavy atom. The molecule has 112 valence electrons. The van der Waals surface area contributed by atoms with E-state index in [9.17, 15) is 4.79 Å². The van der Waals surface area contributed by atoms with E-state index in [0.29, 0.717) is 16.9 Å². The summed E-state index contributed by atoms with van der Waals surface area (Å²) in [7, 11) is 0. The summed E-state index contributed by atoms with van der Waals surface area (Å²) in [4.78, 5) is 16.8. The second-order valence-corrected chi connectivity index (χ2v) is 7.46. The summed E-state index contributed by atoms with van der Waals surface area (Å²) in [5, 5.41) is 6.76. The molecule has 4 aliphatic rings. The fraction of sp³-hybridized carbons (Fsp3) is 0.933. The number of likely N-dealkylation sites (tertiary alicyclic amines) is 2. The smallest absolute Gasteiger partial charge is 0.319 e. The van der Waals surface area contributed by atoms with Gasteiger partial charge in [-0.3, -0.25) is 0 Å². The van der Waals surface area contributed by atoms with Crippen LogP contribution < -0.4 is 10.6 Å². The predicted molar refractivity (Wildman–Crippen MR) is 77.6 cm³/mol. The lowest BCUT2D eigenvalue weighted by Gasteiger charge is -2.51. The maximum Gasteiger partial charge on any atom is 0.319 e. The van der Waals surface area contributed by atoms with Crippen molar-refractivity contribution in [1.82, 2.24) is 20.4 Å². The van der Waals surface area contributed by atoms with Gasteiger partial charge in [-0.2, -0.15) is 0 Å². The minimum absolute atomic E-state index is 0.300. The highest BCUT2D eigenvalue weighted by Crippen LogP contribution is 2.37. The summed E-state index contributed by atoms with van der Waals surface area (Å²) in [5.41, 5.74) is 1.06. The zero-order chi connectivity index (χ0) is 13.6. The quantitative estimate of drug-likeness (QED) is 0.677. The first-order chi connectivity index (χ1) is 9.71. The van der Waals surface area contributed by atoms with Crippen LogP contribution in [-0.4, -0.2) is 68.2 Å². The zero-order valence-corrected chi connectivity index (χ0v) is 12.3. The second-order valence-electron chi connectivity index (χ2n) is 7.46. The first-order valence-electron chi connectivity index (χ1n) is 8.16. The molecule has 2 spiro atoms. The van der Waals surface area contributed by atoms with E-state index in [1.807, 2.05) is 0 Å². The minimum Gasteiger partial charge on any atom is -0.325 e. The van der Waals surface area contributed by atoms with Gasteiger partial charge in [0.1, 0.15) is 0 Å². The van der Waals surface area contributed by atoms with Gasteiger partial charge in [0.15, 0.2) is 0 Å². The molecule has 0 aromatic heterocycles. The molecular formula is C15H26N4O. The van der Waals surface area contributed by atoms with Crippen molar-refractivity contribution >= 4 is 6.03 Å². The molecule has 0 aromatic rings. The van der Waals surface area contributed by atoms with Crippen LogP contribution in [0.1, 0.15) is 25.7 Å². The van der Waals surface area contributed by atoms with Crippen molar-refractivity contribution in [2.45, 2.75) is 25.7 Å². The van der Waals surface area contributed by atoms with Gasteiger partial charge in [0.2, 0.25) is 0 Å². The second kappa shape index (κ2) is 4.60. The van der Waals surface area contributed by atoms with Crippen LogP contribution in [-0.2, 0) is 0 Å². The molecule has 0 aromatic carbocycles. The molecule has 4 saturated heterocycles. The molecular weight excluding hydrogens is 252 g/mol. The lowest BCUT2D eigenvalue weighted by molar-refractivity contribution is 0.0363. The van der Waals surface area contributed by atoms with Gasteiger partial charge in [-0.15, -0.1) is 0 Å². The maximum atomic E-state index is 12.6. The number of hydrogen-bond acceptors (Lipinski definition) is 3. The van der Waals surface area contributed by atoms with E-state index in [-0.39, 0.29) is 0 Å². The minimum atomic E-state index is 0.300. The molecule has 0 radical (unpaired) electrons. The monoisotopic (exact) mass is 278 g/mol.